The lowest BCUT2D eigenvalue weighted by Gasteiger charge is -2.35. The monoisotopic (exact) mass is 498 g/mol. The van der Waals surface area contributed by atoms with Gasteiger partial charge in [0.2, 0.25) is 0 Å². The smallest absolute Gasteiger partial charge is 0.257 e. The number of hydrogen-bond donors (Lipinski definition) is 0. The zero-order chi connectivity index (χ0) is 25.9. The van der Waals surface area contributed by atoms with Crippen LogP contribution < -0.4 is 14.9 Å². The van der Waals surface area contributed by atoms with Crippen molar-refractivity contribution in [2.75, 3.05) is 40.4 Å². The highest BCUT2D eigenvalue weighted by Gasteiger charge is 2.26. The van der Waals surface area contributed by atoms with E-state index in [9.17, 15) is 9.59 Å². The maximum absolute atomic E-state index is 13.6. The average molecular weight is 499 g/mol. The molecule has 0 atom stereocenters. The van der Waals surface area contributed by atoms with Crippen LogP contribution in [0.25, 0.3) is 22.3 Å². The molecule has 0 saturated carbocycles. The minimum absolute atomic E-state index is 0.116. The van der Waals surface area contributed by atoms with Crippen LogP contribution in [0.3, 0.4) is 0 Å². The first-order valence-electron chi connectivity index (χ1n) is 12.3. The number of para-hydroxylation sites is 1. The molecule has 2 heterocycles. The number of fused-ring (bicyclic) bond motifs is 1. The third-order valence-corrected chi connectivity index (χ3v) is 6.92. The fourth-order valence-corrected chi connectivity index (χ4v) is 4.86. The summed E-state index contributed by atoms with van der Waals surface area (Å²) in [5.74, 6) is 1.78. The van der Waals surface area contributed by atoms with E-state index in [4.69, 9.17) is 13.9 Å². The maximum atomic E-state index is 13.6. The van der Waals surface area contributed by atoms with Crippen molar-refractivity contribution >= 4 is 16.9 Å². The van der Waals surface area contributed by atoms with Gasteiger partial charge in [-0.15, -0.1) is 0 Å². The SMILES string of the molecule is COc1ccc(CN2CCN(C(=O)c3cccc4c(=O)c(C)c(-c5ccccc5)oc34)CC2)cc1OC. The van der Waals surface area contributed by atoms with Crippen LogP contribution in [0, 0.1) is 6.92 Å². The number of carbonyl (C=O) groups is 1. The number of benzene rings is 3. The summed E-state index contributed by atoms with van der Waals surface area (Å²) in [6.45, 7) is 5.17. The van der Waals surface area contributed by atoms with E-state index in [0.717, 1.165) is 30.8 Å². The van der Waals surface area contributed by atoms with Crippen molar-refractivity contribution in [1.29, 1.82) is 0 Å². The Hall–Kier alpha value is -4.10. The Labute approximate surface area is 215 Å². The van der Waals surface area contributed by atoms with Gasteiger partial charge in [-0.1, -0.05) is 42.5 Å². The molecule has 1 saturated heterocycles. The maximum Gasteiger partial charge on any atom is 0.257 e. The molecule has 0 N–H and O–H groups in total. The van der Waals surface area contributed by atoms with Gasteiger partial charge in [-0.05, 0) is 36.8 Å². The van der Waals surface area contributed by atoms with E-state index in [1.165, 1.54) is 0 Å². The summed E-state index contributed by atoms with van der Waals surface area (Å²) >= 11 is 0. The number of hydrogen-bond acceptors (Lipinski definition) is 6. The lowest BCUT2D eigenvalue weighted by molar-refractivity contribution is 0.0629. The van der Waals surface area contributed by atoms with Crippen molar-refractivity contribution in [3.05, 3.63) is 93.6 Å². The van der Waals surface area contributed by atoms with Crippen LogP contribution in [0.1, 0.15) is 21.5 Å². The molecule has 3 aromatic carbocycles. The van der Waals surface area contributed by atoms with Gasteiger partial charge >= 0.3 is 0 Å². The Morgan fingerprint density at radius 2 is 1.62 bits per heavy atom. The second kappa shape index (κ2) is 10.5. The molecule has 0 aliphatic carbocycles. The quantitative estimate of drug-likeness (QED) is 0.382. The van der Waals surface area contributed by atoms with Crippen LogP contribution in [0.15, 0.2) is 75.9 Å². The van der Waals surface area contributed by atoms with Crippen molar-refractivity contribution in [3.63, 3.8) is 0 Å². The van der Waals surface area contributed by atoms with Crippen LogP contribution in [-0.2, 0) is 6.54 Å². The predicted octanol–water partition coefficient (Wildman–Crippen LogP) is 4.74. The predicted molar refractivity (Wildman–Crippen MR) is 143 cm³/mol. The molecule has 4 aromatic rings. The molecule has 7 heteroatoms. The molecule has 37 heavy (non-hydrogen) atoms. The first-order chi connectivity index (χ1) is 18.0. The van der Waals surface area contributed by atoms with Crippen molar-refractivity contribution in [2.45, 2.75) is 13.5 Å². The summed E-state index contributed by atoms with van der Waals surface area (Å²) in [4.78, 5) is 30.9. The van der Waals surface area contributed by atoms with Crippen LogP contribution in [0.4, 0.5) is 0 Å². The molecular formula is C30H30N2O5. The Bertz CT molecular complexity index is 1490. The van der Waals surface area contributed by atoms with Crippen LogP contribution >= 0.6 is 0 Å². The molecule has 0 bridgehead atoms. The van der Waals surface area contributed by atoms with E-state index < -0.39 is 0 Å². The molecule has 5 rings (SSSR count). The van der Waals surface area contributed by atoms with Crippen molar-refractivity contribution in [3.8, 4) is 22.8 Å². The van der Waals surface area contributed by atoms with Gasteiger partial charge in [0.25, 0.3) is 5.91 Å². The van der Waals surface area contributed by atoms with E-state index in [2.05, 4.69) is 4.90 Å². The fourth-order valence-electron chi connectivity index (χ4n) is 4.86. The second-order valence-electron chi connectivity index (χ2n) is 9.19. The molecule has 1 aliphatic heterocycles. The van der Waals surface area contributed by atoms with Gasteiger partial charge in [-0.3, -0.25) is 14.5 Å². The number of nitrogens with zero attached hydrogens (tertiary/aromatic N) is 2. The lowest BCUT2D eigenvalue weighted by atomic mass is 10.0. The zero-order valence-corrected chi connectivity index (χ0v) is 21.3. The summed E-state index contributed by atoms with van der Waals surface area (Å²) in [6.07, 6.45) is 0. The minimum Gasteiger partial charge on any atom is -0.493 e. The molecule has 190 valence electrons. The molecule has 0 radical (unpaired) electrons. The van der Waals surface area contributed by atoms with E-state index in [1.54, 1.807) is 39.3 Å². The van der Waals surface area contributed by atoms with Crippen molar-refractivity contribution < 1.29 is 18.7 Å². The molecule has 7 nitrogen and oxygen atoms in total. The van der Waals surface area contributed by atoms with Gasteiger partial charge < -0.3 is 18.8 Å². The van der Waals surface area contributed by atoms with E-state index in [1.807, 2.05) is 53.4 Å². The Morgan fingerprint density at radius 3 is 2.32 bits per heavy atom. The largest absolute Gasteiger partial charge is 0.493 e. The topological polar surface area (TPSA) is 72.2 Å². The molecule has 1 fully saturated rings. The number of piperazine rings is 1. The Kier molecular flexibility index (Phi) is 6.97. The van der Waals surface area contributed by atoms with Crippen LogP contribution in [0.5, 0.6) is 11.5 Å². The highest BCUT2D eigenvalue weighted by atomic mass is 16.5. The van der Waals surface area contributed by atoms with Gasteiger partial charge in [0.15, 0.2) is 22.5 Å². The number of ether oxygens (including phenoxy) is 2. The summed E-state index contributed by atoms with van der Waals surface area (Å²) < 4.78 is 17.0. The van der Waals surface area contributed by atoms with Crippen LogP contribution in [-0.4, -0.2) is 56.1 Å². The summed E-state index contributed by atoms with van der Waals surface area (Å²) in [5.41, 5.74) is 3.11. The Balaban J connectivity index is 1.36. The zero-order valence-electron chi connectivity index (χ0n) is 21.3. The van der Waals surface area contributed by atoms with Gasteiger partial charge in [-0.2, -0.15) is 0 Å². The summed E-state index contributed by atoms with van der Waals surface area (Å²) in [6, 6.07) is 20.7. The first kappa shape index (κ1) is 24.6. The van der Waals surface area contributed by atoms with E-state index in [-0.39, 0.29) is 11.3 Å². The van der Waals surface area contributed by atoms with Crippen LogP contribution in [0.2, 0.25) is 0 Å². The second-order valence-corrected chi connectivity index (χ2v) is 9.19. The molecule has 1 aromatic heterocycles. The first-order valence-corrected chi connectivity index (χ1v) is 12.3. The summed E-state index contributed by atoms with van der Waals surface area (Å²) in [5, 5.41) is 0.426. The lowest BCUT2D eigenvalue weighted by Crippen LogP contribution is -2.48. The third kappa shape index (κ3) is 4.82. The molecule has 1 aliphatic rings. The molecular weight excluding hydrogens is 468 g/mol. The Morgan fingerprint density at radius 1 is 0.892 bits per heavy atom. The summed E-state index contributed by atoms with van der Waals surface area (Å²) in [7, 11) is 3.25. The third-order valence-electron chi connectivity index (χ3n) is 6.92. The van der Waals surface area contributed by atoms with E-state index >= 15 is 0 Å². The van der Waals surface area contributed by atoms with Gasteiger partial charge in [0, 0.05) is 43.9 Å². The standard InChI is InChI=1S/C30H30N2O5/c1-20-27(33)23-10-7-11-24(29(23)37-28(20)22-8-5-4-6-9-22)30(34)32-16-14-31(15-17-32)19-21-12-13-25(35-2)26(18-21)36-3/h4-13,18H,14-17,19H2,1-3H3. The molecule has 1 amide bonds. The van der Waals surface area contributed by atoms with Gasteiger partial charge in [0.05, 0.1) is 25.2 Å². The molecule has 0 unspecified atom stereocenters. The number of carbonyl (C=O) groups excluding carboxylic acids is 1. The normalized spacial score (nSPS) is 14.1. The van der Waals surface area contributed by atoms with E-state index in [0.29, 0.717) is 52.4 Å². The number of methoxy groups -OCH3 is 2. The number of amides is 1. The van der Waals surface area contributed by atoms with Gasteiger partial charge in [0.1, 0.15) is 5.76 Å². The molecule has 0 spiro atoms. The fraction of sp³-hybridized carbons (Fsp3) is 0.267. The van der Waals surface area contributed by atoms with Crippen molar-refractivity contribution in [1.82, 2.24) is 9.80 Å². The minimum atomic E-state index is -0.123. The van der Waals surface area contributed by atoms with Gasteiger partial charge in [-0.25, -0.2) is 0 Å². The number of rotatable bonds is 6. The van der Waals surface area contributed by atoms with Crippen molar-refractivity contribution in [2.24, 2.45) is 0 Å². The highest BCUT2D eigenvalue weighted by molar-refractivity contribution is 6.05. The average Bonchev–Trinajstić information content (AvgIpc) is 2.95. The highest BCUT2D eigenvalue weighted by Crippen LogP contribution is 2.29.